The van der Waals surface area contributed by atoms with Gasteiger partial charge in [0.25, 0.3) is 5.91 Å². The Morgan fingerprint density at radius 1 is 1.42 bits per heavy atom. The van der Waals surface area contributed by atoms with E-state index in [-0.39, 0.29) is 17.8 Å². The Morgan fingerprint density at radius 2 is 2.17 bits per heavy atom. The Kier molecular flexibility index (Phi) is 4.92. The molecule has 0 spiro atoms. The summed E-state index contributed by atoms with van der Waals surface area (Å²) in [6.45, 7) is 2.78. The average Bonchev–Trinajstić information content (AvgIpc) is 3.12. The maximum atomic E-state index is 12.9. The van der Waals surface area contributed by atoms with E-state index in [1.165, 1.54) is 12.1 Å². The number of aromatic nitrogens is 2. The molecule has 1 saturated heterocycles. The minimum atomic E-state index is -0.291. The van der Waals surface area contributed by atoms with Gasteiger partial charge in [0, 0.05) is 51.0 Å². The first-order valence-electron chi connectivity index (χ1n) is 8.04. The lowest BCUT2D eigenvalue weighted by Crippen LogP contribution is -2.28. The SMILES string of the molecule is Cn1cc(CN2CCC(N)C2)c(C(=O)NCc2ccc(F)cc2)n1. The summed E-state index contributed by atoms with van der Waals surface area (Å²) in [5, 5.41) is 7.13. The molecule has 0 bridgehead atoms. The van der Waals surface area contributed by atoms with E-state index in [0.717, 1.165) is 30.6 Å². The van der Waals surface area contributed by atoms with Crippen LogP contribution in [0.15, 0.2) is 30.5 Å². The summed E-state index contributed by atoms with van der Waals surface area (Å²) >= 11 is 0. The smallest absolute Gasteiger partial charge is 0.272 e. The van der Waals surface area contributed by atoms with Crippen molar-refractivity contribution in [3.63, 3.8) is 0 Å². The van der Waals surface area contributed by atoms with Gasteiger partial charge in [-0.2, -0.15) is 5.10 Å². The lowest BCUT2D eigenvalue weighted by atomic mass is 10.2. The van der Waals surface area contributed by atoms with Gasteiger partial charge in [-0.1, -0.05) is 12.1 Å². The first kappa shape index (κ1) is 16.6. The third-order valence-electron chi connectivity index (χ3n) is 4.19. The van der Waals surface area contributed by atoms with Crippen molar-refractivity contribution in [2.75, 3.05) is 13.1 Å². The molecule has 128 valence electrons. The van der Waals surface area contributed by atoms with Crippen molar-refractivity contribution in [2.45, 2.75) is 25.6 Å². The quantitative estimate of drug-likeness (QED) is 0.858. The second kappa shape index (κ2) is 7.11. The number of nitrogens with zero attached hydrogens (tertiary/aromatic N) is 3. The van der Waals surface area contributed by atoms with Crippen LogP contribution in [0, 0.1) is 5.82 Å². The number of hydrogen-bond acceptors (Lipinski definition) is 4. The van der Waals surface area contributed by atoms with Crippen LogP contribution in [0.2, 0.25) is 0 Å². The topological polar surface area (TPSA) is 76.2 Å². The minimum Gasteiger partial charge on any atom is -0.347 e. The van der Waals surface area contributed by atoms with E-state index < -0.39 is 0 Å². The highest BCUT2D eigenvalue weighted by molar-refractivity contribution is 5.93. The Bertz CT molecular complexity index is 712. The lowest BCUT2D eigenvalue weighted by molar-refractivity contribution is 0.0943. The van der Waals surface area contributed by atoms with Crippen molar-refractivity contribution in [1.29, 1.82) is 0 Å². The van der Waals surface area contributed by atoms with Crippen molar-refractivity contribution in [3.05, 3.63) is 53.1 Å². The van der Waals surface area contributed by atoms with Crippen molar-refractivity contribution >= 4 is 5.91 Å². The van der Waals surface area contributed by atoms with E-state index in [0.29, 0.717) is 18.8 Å². The van der Waals surface area contributed by atoms with Crippen LogP contribution in [-0.2, 0) is 20.1 Å². The fourth-order valence-corrected chi connectivity index (χ4v) is 2.96. The van der Waals surface area contributed by atoms with E-state index in [4.69, 9.17) is 5.73 Å². The first-order chi connectivity index (χ1) is 11.5. The molecule has 1 fully saturated rings. The molecule has 2 heterocycles. The number of likely N-dealkylation sites (tertiary alicyclic amines) is 1. The van der Waals surface area contributed by atoms with Crippen LogP contribution in [0.25, 0.3) is 0 Å². The Balaban J connectivity index is 1.64. The first-order valence-corrected chi connectivity index (χ1v) is 8.04. The number of carbonyl (C=O) groups excluding carboxylic acids is 1. The molecule has 0 saturated carbocycles. The summed E-state index contributed by atoms with van der Waals surface area (Å²) < 4.78 is 14.6. The summed E-state index contributed by atoms with van der Waals surface area (Å²) in [5.74, 6) is -0.515. The molecule has 0 radical (unpaired) electrons. The maximum absolute atomic E-state index is 12.9. The zero-order chi connectivity index (χ0) is 17.1. The number of halogens is 1. The molecular formula is C17H22FN5O. The molecule has 3 N–H and O–H groups in total. The van der Waals surface area contributed by atoms with Crippen LogP contribution in [-0.4, -0.2) is 39.7 Å². The maximum Gasteiger partial charge on any atom is 0.272 e. The molecule has 1 aromatic heterocycles. The monoisotopic (exact) mass is 331 g/mol. The summed E-state index contributed by atoms with van der Waals surface area (Å²) in [6.07, 6.45) is 2.85. The number of hydrogen-bond donors (Lipinski definition) is 2. The van der Waals surface area contributed by atoms with Crippen molar-refractivity contribution in [2.24, 2.45) is 12.8 Å². The van der Waals surface area contributed by atoms with Gasteiger partial charge in [0.15, 0.2) is 5.69 Å². The zero-order valence-electron chi connectivity index (χ0n) is 13.7. The highest BCUT2D eigenvalue weighted by Gasteiger charge is 2.23. The largest absolute Gasteiger partial charge is 0.347 e. The molecule has 1 atom stereocenters. The van der Waals surface area contributed by atoms with E-state index in [9.17, 15) is 9.18 Å². The van der Waals surface area contributed by atoms with Crippen LogP contribution in [0.5, 0.6) is 0 Å². The number of nitrogens with one attached hydrogen (secondary N) is 1. The van der Waals surface area contributed by atoms with Gasteiger partial charge in [-0.25, -0.2) is 4.39 Å². The van der Waals surface area contributed by atoms with Gasteiger partial charge >= 0.3 is 0 Å². The fourth-order valence-electron chi connectivity index (χ4n) is 2.96. The molecule has 1 aromatic carbocycles. The zero-order valence-corrected chi connectivity index (χ0v) is 13.7. The number of aryl methyl sites for hydroxylation is 1. The molecule has 7 heteroatoms. The molecule has 6 nitrogen and oxygen atoms in total. The van der Waals surface area contributed by atoms with Crippen molar-refractivity contribution in [1.82, 2.24) is 20.0 Å². The summed E-state index contributed by atoms with van der Waals surface area (Å²) in [7, 11) is 1.80. The Hall–Kier alpha value is -2.25. The molecular weight excluding hydrogens is 309 g/mol. The minimum absolute atomic E-state index is 0.206. The Labute approximate surface area is 140 Å². The highest BCUT2D eigenvalue weighted by atomic mass is 19.1. The predicted molar refractivity (Wildman–Crippen MR) is 88.6 cm³/mol. The number of nitrogens with two attached hydrogens (primary N) is 1. The molecule has 1 aliphatic heterocycles. The van der Waals surface area contributed by atoms with Crippen LogP contribution in [0.3, 0.4) is 0 Å². The van der Waals surface area contributed by atoms with E-state index in [2.05, 4.69) is 15.3 Å². The second-order valence-corrected chi connectivity index (χ2v) is 6.27. The summed E-state index contributed by atoms with van der Waals surface area (Å²) in [5.41, 5.74) is 8.10. The molecule has 3 rings (SSSR count). The van der Waals surface area contributed by atoms with Gasteiger partial charge in [-0.15, -0.1) is 0 Å². The van der Waals surface area contributed by atoms with E-state index >= 15 is 0 Å². The summed E-state index contributed by atoms with van der Waals surface area (Å²) in [4.78, 5) is 14.7. The van der Waals surface area contributed by atoms with Crippen molar-refractivity contribution in [3.8, 4) is 0 Å². The second-order valence-electron chi connectivity index (χ2n) is 6.27. The van der Waals surface area contributed by atoms with Gasteiger partial charge < -0.3 is 11.1 Å². The van der Waals surface area contributed by atoms with Gasteiger partial charge in [-0.3, -0.25) is 14.4 Å². The molecule has 2 aromatic rings. The summed E-state index contributed by atoms with van der Waals surface area (Å²) in [6, 6.07) is 6.27. The van der Waals surface area contributed by atoms with Gasteiger partial charge in [0.05, 0.1) is 0 Å². The molecule has 1 aliphatic rings. The van der Waals surface area contributed by atoms with E-state index in [1.54, 1.807) is 23.9 Å². The van der Waals surface area contributed by atoms with Gasteiger partial charge in [-0.05, 0) is 24.1 Å². The van der Waals surface area contributed by atoms with E-state index in [1.807, 2.05) is 6.20 Å². The number of carbonyl (C=O) groups is 1. The van der Waals surface area contributed by atoms with Crippen LogP contribution < -0.4 is 11.1 Å². The molecule has 24 heavy (non-hydrogen) atoms. The lowest BCUT2D eigenvalue weighted by Gasteiger charge is -2.14. The number of rotatable bonds is 5. The van der Waals surface area contributed by atoms with Crippen LogP contribution in [0.4, 0.5) is 4.39 Å². The van der Waals surface area contributed by atoms with Gasteiger partial charge in [0.1, 0.15) is 5.82 Å². The highest BCUT2D eigenvalue weighted by Crippen LogP contribution is 2.15. The molecule has 1 unspecified atom stereocenters. The number of benzene rings is 1. The van der Waals surface area contributed by atoms with Crippen LogP contribution >= 0.6 is 0 Å². The van der Waals surface area contributed by atoms with Gasteiger partial charge in [0.2, 0.25) is 0 Å². The molecule has 1 amide bonds. The predicted octanol–water partition coefficient (Wildman–Crippen LogP) is 1.02. The van der Waals surface area contributed by atoms with Crippen LogP contribution in [0.1, 0.15) is 28.0 Å². The van der Waals surface area contributed by atoms with Crippen molar-refractivity contribution < 1.29 is 9.18 Å². The Morgan fingerprint density at radius 3 is 2.83 bits per heavy atom. The fraction of sp³-hybridized carbons (Fsp3) is 0.412. The number of amides is 1. The average molecular weight is 331 g/mol. The third kappa shape index (κ3) is 3.98. The standard InChI is InChI=1S/C17H22FN5O/c1-22-9-13(10-23-7-6-15(19)11-23)16(21-22)17(24)20-8-12-2-4-14(18)5-3-12/h2-5,9,15H,6-8,10-11,19H2,1H3,(H,20,24). The third-order valence-corrected chi connectivity index (χ3v) is 4.19. The normalized spacial score (nSPS) is 18.0. The molecule has 0 aliphatic carbocycles.